The van der Waals surface area contributed by atoms with Crippen molar-refractivity contribution in [3.63, 3.8) is 0 Å². The number of likely N-dealkylation sites (N-methyl/N-ethyl adjacent to an activating group) is 1. The van der Waals surface area contributed by atoms with E-state index in [4.69, 9.17) is 0 Å². The molecular formula is C10H22N2. The van der Waals surface area contributed by atoms with Crippen LogP contribution in [0.15, 0.2) is 4.99 Å². The lowest BCUT2D eigenvalue weighted by Crippen LogP contribution is -2.31. The monoisotopic (exact) mass is 170 g/mol. The van der Waals surface area contributed by atoms with Crippen molar-refractivity contribution in [2.45, 2.75) is 46.1 Å². The number of hydrogen-bond donors (Lipinski definition) is 1. The molecular weight excluding hydrogens is 148 g/mol. The molecule has 0 aromatic carbocycles. The summed E-state index contributed by atoms with van der Waals surface area (Å²) >= 11 is 0. The second kappa shape index (κ2) is 8.72. The molecule has 0 saturated heterocycles. The van der Waals surface area contributed by atoms with Crippen LogP contribution in [0, 0.1) is 0 Å². The van der Waals surface area contributed by atoms with E-state index in [9.17, 15) is 0 Å². The SMILES string of the molecule is C/C=N\C[C@H](CCCC)NCC. The number of nitrogens with one attached hydrogen (secondary N) is 1. The summed E-state index contributed by atoms with van der Waals surface area (Å²) in [5.41, 5.74) is 0. The molecule has 2 heteroatoms. The van der Waals surface area contributed by atoms with Crippen LogP contribution in [0.4, 0.5) is 0 Å². The second-order valence-electron chi connectivity index (χ2n) is 3.02. The van der Waals surface area contributed by atoms with Gasteiger partial charge in [0, 0.05) is 6.04 Å². The van der Waals surface area contributed by atoms with Crippen LogP contribution < -0.4 is 5.32 Å². The van der Waals surface area contributed by atoms with E-state index in [1.54, 1.807) is 0 Å². The van der Waals surface area contributed by atoms with Gasteiger partial charge >= 0.3 is 0 Å². The summed E-state index contributed by atoms with van der Waals surface area (Å²) < 4.78 is 0. The van der Waals surface area contributed by atoms with Crippen LogP contribution in [0.2, 0.25) is 0 Å². The molecule has 0 heterocycles. The van der Waals surface area contributed by atoms with E-state index in [0.717, 1.165) is 13.1 Å². The zero-order chi connectivity index (χ0) is 9.23. The highest BCUT2D eigenvalue weighted by atomic mass is 14.9. The maximum absolute atomic E-state index is 4.26. The van der Waals surface area contributed by atoms with Gasteiger partial charge in [0.15, 0.2) is 0 Å². The lowest BCUT2D eigenvalue weighted by molar-refractivity contribution is 0.485. The van der Waals surface area contributed by atoms with Gasteiger partial charge in [-0.2, -0.15) is 0 Å². The fourth-order valence-corrected chi connectivity index (χ4v) is 1.23. The van der Waals surface area contributed by atoms with Crippen LogP contribution in [0.25, 0.3) is 0 Å². The van der Waals surface area contributed by atoms with Gasteiger partial charge < -0.3 is 5.32 Å². The minimum atomic E-state index is 0.589. The van der Waals surface area contributed by atoms with Crippen molar-refractivity contribution in [2.24, 2.45) is 4.99 Å². The molecule has 72 valence electrons. The van der Waals surface area contributed by atoms with E-state index in [-0.39, 0.29) is 0 Å². The first-order chi connectivity index (χ1) is 5.85. The van der Waals surface area contributed by atoms with E-state index < -0.39 is 0 Å². The van der Waals surface area contributed by atoms with E-state index in [2.05, 4.69) is 24.2 Å². The molecule has 1 N–H and O–H groups in total. The molecule has 0 bridgehead atoms. The molecule has 0 aromatic heterocycles. The number of aliphatic imine (C=N–C) groups is 1. The lowest BCUT2D eigenvalue weighted by atomic mass is 10.1. The summed E-state index contributed by atoms with van der Waals surface area (Å²) in [6.45, 7) is 8.33. The Hall–Kier alpha value is -0.370. The Kier molecular flexibility index (Phi) is 8.46. The third-order valence-electron chi connectivity index (χ3n) is 1.91. The van der Waals surface area contributed by atoms with Gasteiger partial charge in [0.1, 0.15) is 0 Å². The maximum Gasteiger partial charge on any atom is 0.0538 e. The highest BCUT2D eigenvalue weighted by Gasteiger charge is 2.03. The summed E-state index contributed by atoms with van der Waals surface area (Å²) in [5.74, 6) is 0. The van der Waals surface area contributed by atoms with Crippen LogP contribution in [0.1, 0.15) is 40.0 Å². The van der Waals surface area contributed by atoms with Crippen LogP contribution >= 0.6 is 0 Å². The van der Waals surface area contributed by atoms with E-state index in [1.165, 1.54) is 19.3 Å². The van der Waals surface area contributed by atoms with Crippen molar-refractivity contribution < 1.29 is 0 Å². The molecule has 0 radical (unpaired) electrons. The molecule has 0 amide bonds. The minimum absolute atomic E-state index is 0.589. The zero-order valence-electron chi connectivity index (χ0n) is 8.64. The molecule has 1 atom stereocenters. The first-order valence-corrected chi connectivity index (χ1v) is 5.02. The second-order valence-corrected chi connectivity index (χ2v) is 3.02. The molecule has 0 fully saturated rings. The lowest BCUT2D eigenvalue weighted by Gasteiger charge is -2.14. The highest BCUT2D eigenvalue weighted by Crippen LogP contribution is 2.00. The molecule has 0 aliphatic carbocycles. The smallest absolute Gasteiger partial charge is 0.0538 e. The van der Waals surface area contributed by atoms with Crippen LogP contribution in [-0.4, -0.2) is 25.3 Å². The Morgan fingerprint density at radius 1 is 1.42 bits per heavy atom. The zero-order valence-corrected chi connectivity index (χ0v) is 8.64. The van der Waals surface area contributed by atoms with Crippen molar-refractivity contribution in [2.75, 3.05) is 13.1 Å². The van der Waals surface area contributed by atoms with Gasteiger partial charge in [-0.15, -0.1) is 0 Å². The third kappa shape index (κ3) is 6.35. The normalized spacial score (nSPS) is 13.9. The standard InChI is InChI=1S/C10H22N2/c1-4-7-8-10(12-6-3)9-11-5-2/h5,10,12H,4,6-9H2,1-3H3/b11-5-/t10-/m0/s1. The van der Waals surface area contributed by atoms with E-state index >= 15 is 0 Å². The molecule has 12 heavy (non-hydrogen) atoms. The molecule has 0 aromatic rings. The molecule has 0 saturated carbocycles. The predicted molar refractivity (Wildman–Crippen MR) is 56.0 cm³/mol. The van der Waals surface area contributed by atoms with Gasteiger partial charge in [0.2, 0.25) is 0 Å². The summed E-state index contributed by atoms with van der Waals surface area (Å²) in [4.78, 5) is 4.26. The van der Waals surface area contributed by atoms with Crippen molar-refractivity contribution in [3.8, 4) is 0 Å². The maximum atomic E-state index is 4.26. The average molecular weight is 170 g/mol. The van der Waals surface area contributed by atoms with Gasteiger partial charge in [-0.3, -0.25) is 4.99 Å². The van der Waals surface area contributed by atoms with Gasteiger partial charge in [-0.25, -0.2) is 0 Å². The summed E-state index contributed by atoms with van der Waals surface area (Å²) in [6.07, 6.45) is 5.71. The van der Waals surface area contributed by atoms with Gasteiger partial charge in [-0.1, -0.05) is 26.7 Å². The fourth-order valence-electron chi connectivity index (χ4n) is 1.23. The molecule has 2 nitrogen and oxygen atoms in total. The van der Waals surface area contributed by atoms with Crippen molar-refractivity contribution in [3.05, 3.63) is 0 Å². The van der Waals surface area contributed by atoms with Crippen molar-refractivity contribution in [1.29, 1.82) is 0 Å². The van der Waals surface area contributed by atoms with Gasteiger partial charge in [0.05, 0.1) is 6.54 Å². The Labute approximate surface area is 76.5 Å². The number of rotatable bonds is 7. The Bertz CT molecular complexity index is 110. The van der Waals surface area contributed by atoms with Crippen molar-refractivity contribution in [1.82, 2.24) is 5.32 Å². The predicted octanol–water partition coefficient (Wildman–Crippen LogP) is 2.25. The van der Waals surface area contributed by atoms with E-state index in [1.807, 2.05) is 13.1 Å². The van der Waals surface area contributed by atoms with Gasteiger partial charge in [-0.05, 0) is 26.1 Å². The van der Waals surface area contributed by atoms with Crippen LogP contribution in [0.3, 0.4) is 0 Å². The summed E-state index contributed by atoms with van der Waals surface area (Å²) in [6, 6.07) is 0.589. The molecule has 0 unspecified atom stereocenters. The molecule has 0 aliphatic heterocycles. The summed E-state index contributed by atoms with van der Waals surface area (Å²) in [5, 5.41) is 3.44. The number of unbranched alkanes of at least 4 members (excludes halogenated alkanes) is 1. The quantitative estimate of drug-likeness (QED) is 0.582. The molecule has 0 rings (SSSR count). The Morgan fingerprint density at radius 3 is 2.67 bits per heavy atom. The first kappa shape index (κ1) is 11.6. The summed E-state index contributed by atoms with van der Waals surface area (Å²) in [7, 11) is 0. The van der Waals surface area contributed by atoms with Crippen LogP contribution in [0.5, 0.6) is 0 Å². The Balaban J connectivity index is 3.53. The van der Waals surface area contributed by atoms with Crippen molar-refractivity contribution >= 4 is 6.21 Å². The Morgan fingerprint density at radius 2 is 2.17 bits per heavy atom. The minimum Gasteiger partial charge on any atom is -0.312 e. The highest BCUT2D eigenvalue weighted by molar-refractivity contribution is 5.53. The molecule has 0 aliphatic rings. The number of nitrogens with zero attached hydrogens (tertiary/aromatic N) is 1. The first-order valence-electron chi connectivity index (χ1n) is 5.02. The van der Waals surface area contributed by atoms with Crippen LogP contribution in [-0.2, 0) is 0 Å². The largest absolute Gasteiger partial charge is 0.312 e. The fraction of sp³-hybridized carbons (Fsp3) is 0.900. The average Bonchev–Trinajstić information content (AvgIpc) is 2.10. The van der Waals surface area contributed by atoms with Gasteiger partial charge in [0.25, 0.3) is 0 Å². The van der Waals surface area contributed by atoms with E-state index in [0.29, 0.717) is 6.04 Å². The number of hydrogen-bond acceptors (Lipinski definition) is 2. The third-order valence-corrected chi connectivity index (χ3v) is 1.91. The molecule has 0 spiro atoms. The topological polar surface area (TPSA) is 24.4 Å².